The van der Waals surface area contributed by atoms with Crippen molar-refractivity contribution in [3.8, 4) is 11.5 Å². The van der Waals surface area contributed by atoms with Gasteiger partial charge in [0.2, 0.25) is 0 Å². The molecular weight excluding hydrogens is 344 g/mol. The van der Waals surface area contributed by atoms with Gasteiger partial charge >= 0.3 is 0 Å². The topological polar surface area (TPSA) is 102 Å². The van der Waals surface area contributed by atoms with E-state index in [0.717, 1.165) is 6.42 Å². The van der Waals surface area contributed by atoms with Crippen molar-refractivity contribution in [2.24, 2.45) is 0 Å². The second-order valence-electron chi connectivity index (χ2n) is 5.38. The number of aromatic nitrogens is 2. The predicted molar refractivity (Wildman–Crippen MR) is 95.8 cm³/mol. The average Bonchev–Trinajstić information content (AvgIpc) is 2.62. The van der Waals surface area contributed by atoms with Gasteiger partial charge in [0.25, 0.3) is 10.0 Å². The highest BCUT2D eigenvalue weighted by Crippen LogP contribution is 2.29. The van der Waals surface area contributed by atoms with Crippen molar-refractivity contribution in [2.45, 2.75) is 31.2 Å². The van der Waals surface area contributed by atoms with Crippen molar-refractivity contribution in [1.29, 1.82) is 0 Å². The van der Waals surface area contributed by atoms with Gasteiger partial charge in [-0.3, -0.25) is 4.72 Å². The monoisotopic (exact) mass is 366 g/mol. The van der Waals surface area contributed by atoms with Gasteiger partial charge in [-0.1, -0.05) is 6.92 Å². The Bertz CT molecular complexity index is 809. The Labute approximate surface area is 147 Å². The van der Waals surface area contributed by atoms with E-state index in [9.17, 15) is 8.42 Å². The molecule has 0 amide bonds. The number of nitrogens with zero attached hydrogens (tertiary/aromatic N) is 2. The highest BCUT2D eigenvalue weighted by atomic mass is 32.2. The molecule has 0 bridgehead atoms. The van der Waals surface area contributed by atoms with Crippen LogP contribution in [0.3, 0.4) is 0 Å². The summed E-state index contributed by atoms with van der Waals surface area (Å²) in [5.41, 5.74) is 0. The number of hydrogen-bond acceptors (Lipinski definition) is 7. The van der Waals surface area contributed by atoms with Crippen molar-refractivity contribution in [2.75, 3.05) is 24.3 Å². The Morgan fingerprint density at radius 2 is 1.76 bits per heavy atom. The number of nitrogens with one attached hydrogen (secondary N) is 2. The third kappa shape index (κ3) is 4.72. The van der Waals surface area contributed by atoms with Gasteiger partial charge in [-0.2, -0.15) is 0 Å². The van der Waals surface area contributed by atoms with E-state index >= 15 is 0 Å². The van der Waals surface area contributed by atoms with E-state index in [1.54, 1.807) is 18.2 Å². The Morgan fingerprint density at radius 3 is 2.32 bits per heavy atom. The number of sulfonamides is 1. The summed E-state index contributed by atoms with van der Waals surface area (Å²) >= 11 is 0. The van der Waals surface area contributed by atoms with Gasteiger partial charge in [-0.25, -0.2) is 8.42 Å². The van der Waals surface area contributed by atoms with Crippen LogP contribution in [0.5, 0.6) is 11.5 Å². The molecule has 2 N–H and O–H groups in total. The fourth-order valence-corrected chi connectivity index (χ4v) is 3.19. The maximum atomic E-state index is 12.6. The Morgan fingerprint density at radius 1 is 1.08 bits per heavy atom. The van der Waals surface area contributed by atoms with E-state index in [0.29, 0.717) is 11.6 Å². The summed E-state index contributed by atoms with van der Waals surface area (Å²) in [5, 5.41) is 11.0. The molecule has 1 unspecified atom stereocenters. The molecule has 0 aliphatic rings. The molecule has 1 atom stereocenters. The summed E-state index contributed by atoms with van der Waals surface area (Å²) in [4.78, 5) is -0.0436. The molecule has 2 aromatic rings. The first-order valence-electron chi connectivity index (χ1n) is 7.74. The quantitative estimate of drug-likeness (QED) is 0.740. The standard InChI is InChI=1S/C16H22N4O4S/c1-5-11(2)17-15-8-9-16(19-18-15)20-25(21,22)14-10-12(23-3)6-7-13(14)24-4/h6-11H,5H2,1-4H3,(H,17,18)(H,19,20). The zero-order valence-electron chi connectivity index (χ0n) is 14.6. The second kappa shape index (κ2) is 8.02. The number of anilines is 2. The van der Waals surface area contributed by atoms with Gasteiger partial charge in [0, 0.05) is 12.1 Å². The molecule has 0 saturated heterocycles. The summed E-state index contributed by atoms with van der Waals surface area (Å²) in [6, 6.07) is 7.98. The number of methoxy groups -OCH3 is 2. The van der Waals surface area contributed by atoms with E-state index in [4.69, 9.17) is 9.47 Å². The van der Waals surface area contributed by atoms with Crippen LogP contribution >= 0.6 is 0 Å². The normalized spacial score (nSPS) is 12.3. The maximum absolute atomic E-state index is 12.6. The molecule has 0 aliphatic carbocycles. The van der Waals surface area contributed by atoms with Crippen molar-refractivity contribution in [3.63, 3.8) is 0 Å². The molecule has 1 heterocycles. The number of hydrogen-bond donors (Lipinski definition) is 2. The smallest absolute Gasteiger partial charge is 0.266 e. The van der Waals surface area contributed by atoms with E-state index < -0.39 is 10.0 Å². The first-order chi connectivity index (χ1) is 11.9. The molecule has 0 saturated carbocycles. The molecule has 8 nitrogen and oxygen atoms in total. The Balaban J connectivity index is 2.24. The van der Waals surface area contributed by atoms with Gasteiger partial charge in [0.1, 0.15) is 22.2 Å². The van der Waals surface area contributed by atoms with Crippen LogP contribution in [0.2, 0.25) is 0 Å². The average molecular weight is 366 g/mol. The van der Waals surface area contributed by atoms with Gasteiger partial charge in [-0.15, -0.1) is 10.2 Å². The van der Waals surface area contributed by atoms with E-state index in [1.807, 2.05) is 6.92 Å². The van der Waals surface area contributed by atoms with Crippen molar-refractivity contribution >= 4 is 21.7 Å². The van der Waals surface area contributed by atoms with E-state index in [2.05, 4.69) is 27.2 Å². The molecule has 1 aromatic heterocycles. The summed E-state index contributed by atoms with van der Waals surface area (Å²) in [7, 11) is -1.05. The first-order valence-corrected chi connectivity index (χ1v) is 9.23. The minimum atomic E-state index is -3.91. The van der Waals surface area contributed by atoms with Crippen molar-refractivity contribution in [1.82, 2.24) is 10.2 Å². The highest BCUT2D eigenvalue weighted by Gasteiger charge is 2.21. The lowest BCUT2D eigenvalue weighted by molar-refractivity contribution is 0.392. The van der Waals surface area contributed by atoms with Crippen molar-refractivity contribution in [3.05, 3.63) is 30.3 Å². The van der Waals surface area contributed by atoms with E-state index in [-0.39, 0.29) is 22.5 Å². The summed E-state index contributed by atoms with van der Waals surface area (Å²) in [6.07, 6.45) is 0.936. The largest absolute Gasteiger partial charge is 0.497 e. The third-order valence-corrected chi connectivity index (χ3v) is 4.95. The zero-order chi connectivity index (χ0) is 18.4. The molecular formula is C16H22N4O4S. The number of ether oxygens (including phenoxy) is 2. The van der Waals surface area contributed by atoms with Crippen LogP contribution in [0.1, 0.15) is 20.3 Å². The predicted octanol–water partition coefficient (Wildman–Crippen LogP) is 2.51. The molecule has 136 valence electrons. The molecule has 0 fully saturated rings. The third-order valence-electron chi connectivity index (χ3n) is 3.57. The van der Waals surface area contributed by atoms with Crippen LogP contribution in [0, 0.1) is 0 Å². The van der Waals surface area contributed by atoms with Gasteiger partial charge in [0.05, 0.1) is 14.2 Å². The van der Waals surface area contributed by atoms with Crippen LogP contribution in [0.15, 0.2) is 35.2 Å². The maximum Gasteiger partial charge on any atom is 0.266 e. The molecule has 0 radical (unpaired) electrons. The minimum Gasteiger partial charge on any atom is -0.497 e. The second-order valence-corrected chi connectivity index (χ2v) is 7.03. The summed E-state index contributed by atoms with van der Waals surface area (Å²) < 4.78 is 37.8. The minimum absolute atomic E-state index is 0.0436. The molecule has 9 heteroatoms. The van der Waals surface area contributed by atoms with E-state index in [1.165, 1.54) is 26.4 Å². The SMILES string of the molecule is CCC(C)Nc1ccc(NS(=O)(=O)c2cc(OC)ccc2OC)nn1. The molecule has 2 rings (SSSR count). The highest BCUT2D eigenvalue weighted by molar-refractivity contribution is 7.92. The first kappa shape index (κ1) is 18.8. The molecule has 25 heavy (non-hydrogen) atoms. The Kier molecular flexibility index (Phi) is 6.02. The number of benzene rings is 1. The number of rotatable bonds is 8. The Hall–Kier alpha value is -2.55. The zero-order valence-corrected chi connectivity index (χ0v) is 15.4. The summed E-state index contributed by atoms with van der Waals surface area (Å²) in [5.74, 6) is 1.30. The lowest BCUT2D eigenvalue weighted by atomic mass is 10.2. The lowest BCUT2D eigenvalue weighted by Gasteiger charge is -2.13. The molecule has 0 aliphatic heterocycles. The molecule has 1 aromatic carbocycles. The van der Waals surface area contributed by atoms with Crippen LogP contribution in [0.4, 0.5) is 11.6 Å². The van der Waals surface area contributed by atoms with Gasteiger partial charge in [-0.05, 0) is 37.6 Å². The fourth-order valence-electron chi connectivity index (χ4n) is 2.00. The summed E-state index contributed by atoms with van der Waals surface area (Å²) in [6.45, 7) is 4.07. The van der Waals surface area contributed by atoms with Crippen LogP contribution < -0.4 is 19.5 Å². The van der Waals surface area contributed by atoms with Gasteiger partial charge in [0.15, 0.2) is 5.82 Å². The van der Waals surface area contributed by atoms with Crippen LogP contribution in [-0.2, 0) is 10.0 Å². The molecule has 0 spiro atoms. The van der Waals surface area contributed by atoms with Crippen molar-refractivity contribution < 1.29 is 17.9 Å². The lowest BCUT2D eigenvalue weighted by Crippen LogP contribution is -2.17. The fraction of sp³-hybridized carbons (Fsp3) is 0.375. The van der Waals surface area contributed by atoms with Crippen LogP contribution in [0.25, 0.3) is 0 Å². The van der Waals surface area contributed by atoms with Crippen LogP contribution in [-0.4, -0.2) is 38.9 Å². The van der Waals surface area contributed by atoms with Gasteiger partial charge < -0.3 is 14.8 Å².